The second kappa shape index (κ2) is 4.92. The van der Waals surface area contributed by atoms with E-state index < -0.39 is 11.9 Å². The molecule has 20 heavy (non-hydrogen) atoms. The molecule has 0 bridgehead atoms. The van der Waals surface area contributed by atoms with Gasteiger partial charge in [-0.3, -0.25) is 4.79 Å². The third kappa shape index (κ3) is 2.47. The van der Waals surface area contributed by atoms with Crippen molar-refractivity contribution in [2.24, 2.45) is 0 Å². The van der Waals surface area contributed by atoms with Crippen molar-refractivity contribution in [1.82, 2.24) is 0 Å². The lowest BCUT2D eigenvalue weighted by molar-refractivity contribution is -0.122. The summed E-state index contributed by atoms with van der Waals surface area (Å²) in [4.78, 5) is 12.0. The fraction of sp³-hybridized carbons (Fsp3) is 0.133. The van der Waals surface area contributed by atoms with Gasteiger partial charge in [-0.25, -0.2) is 8.78 Å². The first-order chi connectivity index (χ1) is 9.61. The van der Waals surface area contributed by atoms with E-state index in [1.807, 2.05) is 0 Å². The van der Waals surface area contributed by atoms with Crippen LogP contribution in [0, 0.1) is 11.6 Å². The molecule has 1 atom stereocenters. The molecule has 0 radical (unpaired) electrons. The Kier molecular flexibility index (Phi) is 3.10. The number of fused-ring (bicyclic) bond motifs is 1. The van der Waals surface area contributed by atoms with Crippen LogP contribution in [0.4, 0.5) is 14.5 Å². The van der Waals surface area contributed by atoms with Gasteiger partial charge in [0.05, 0.1) is 0 Å². The fourth-order valence-corrected chi connectivity index (χ4v) is 2.15. The molecule has 0 spiro atoms. The third-order valence-electron chi connectivity index (χ3n) is 3.08. The van der Waals surface area contributed by atoms with E-state index in [0.29, 0.717) is 23.4 Å². The molecule has 0 aromatic heterocycles. The van der Waals surface area contributed by atoms with Crippen molar-refractivity contribution in [2.45, 2.75) is 12.5 Å². The Morgan fingerprint density at radius 2 is 1.95 bits per heavy atom. The number of hydrogen-bond acceptors (Lipinski definition) is 2. The molecule has 0 saturated heterocycles. The average molecular weight is 275 g/mol. The van der Waals surface area contributed by atoms with E-state index in [4.69, 9.17) is 4.74 Å². The van der Waals surface area contributed by atoms with E-state index in [0.717, 1.165) is 0 Å². The molecule has 0 fully saturated rings. The Balaban J connectivity index is 1.71. The number of anilines is 1. The van der Waals surface area contributed by atoms with E-state index in [-0.39, 0.29) is 11.7 Å². The van der Waals surface area contributed by atoms with Gasteiger partial charge in [0.2, 0.25) is 0 Å². The molecule has 102 valence electrons. The van der Waals surface area contributed by atoms with E-state index >= 15 is 0 Å². The summed E-state index contributed by atoms with van der Waals surface area (Å²) in [5, 5.41) is 2.58. The summed E-state index contributed by atoms with van der Waals surface area (Å²) < 4.78 is 31.6. The molecule has 3 rings (SSSR count). The molecule has 1 heterocycles. The van der Waals surface area contributed by atoms with Gasteiger partial charge in [0, 0.05) is 17.7 Å². The summed E-state index contributed by atoms with van der Waals surface area (Å²) in [6.45, 7) is 0. The minimum Gasteiger partial charge on any atom is -0.480 e. The maximum absolute atomic E-state index is 13.1. The van der Waals surface area contributed by atoms with Crippen molar-refractivity contribution in [3.8, 4) is 5.75 Å². The van der Waals surface area contributed by atoms with Crippen molar-refractivity contribution < 1.29 is 18.3 Å². The zero-order chi connectivity index (χ0) is 14.1. The summed E-state index contributed by atoms with van der Waals surface area (Å²) in [7, 11) is 0. The predicted octanol–water partition coefficient (Wildman–Crippen LogP) is 2.91. The monoisotopic (exact) mass is 275 g/mol. The fourth-order valence-electron chi connectivity index (χ4n) is 2.15. The van der Waals surface area contributed by atoms with Crippen molar-refractivity contribution >= 4 is 11.6 Å². The van der Waals surface area contributed by atoms with Gasteiger partial charge in [-0.1, -0.05) is 6.07 Å². The van der Waals surface area contributed by atoms with Crippen molar-refractivity contribution in [3.05, 3.63) is 59.7 Å². The number of ether oxygens (including phenoxy) is 1. The van der Waals surface area contributed by atoms with Crippen LogP contribution in [0.5, 0.6) is 5.75 Å². The molecule has 0 saturated carbocycles. The van der Waals surface area contributed by atoms with Crippen LogP contribution in [0.3, 0.4) is 0 Å². The van der Waals surface area contributed by atoms with Gasteiger partial charge in [-0.2, -0.15) is 0 Å². The molecule has 5 heteroatoms. The second-order valence-corrected chi connectivity index (χ2v) is 4.56. The molecule has 1 aliphatic heterocycles. The Bertz CT molecular complexity index is 673. The van der Waals surface area contributed by atoms with Crippen LogP contribution < -0.4 is 10.1 Å². The smallest absolute Gasteiger partial charge is 0.265 e. The molecule has 2 aromatic carbocycles. The lowest BCUT2D eigenvalue weighted by Gasteiger charge is -2.11. The molecular weight excluding hydrogens is 264 g/mol. The van der Waals surface area contributed by atoms with Crippen molar-refractivity contribution in [1.29, 1.82) is 0 Å². The zero-order valence-electron chi connectivity index (χ0n) is 10.4. The largest absolute Gasteiger partial charge is 0.480 e. The van der Waals surface area contributed by atoms with Crippen LogP contribution >= 0.6 is 0 Å². The third-order valence-corrected chi connectivity index (χ3v) is 3.08. The Morgan fingerprint density at radius 3 is 2.75 bits per heavy atom. The second-order valence-electron chi connectivity index (χ2n) is 4.56. The Labute approximate surface area is 114 Å². The number of carbonyl (C=O) groups excluding carboxylic acids is 1. The van der Waals surface area contributed by atoms with Gasteiger partial charge in [-0.05, 0) is 36.4 Å². The van der Waals surface area contributed by atoms with Crippen LogP contribution in [0.15, 0.2) is 42.5 Å². The summed E-state index contributed by atoms with van der Waals surface area (Å²) in [5.74, 6) is -0.669. The van der Waals surface area contributed by atoms with Crippen LogP contribution in [0.2, 0.25) is 0 Å². The number of nitrogens with one attached hydrogen (secondary N) is 1. The number of rotatable bonds is 2. The average Bonchev–Trinajstić information content (AvgIpc) is 2.81. The minimum atomic E-state index is -0.727. The van der Waals surface area contributed by atoms with Crippen LogP contribution in [0.1, 0.15) is 5.56 Å². The highest BCUT2D eigenvalue weighted by Gasteiger charge is 2.29. The maximum Gasteiger partial charge on any atom is 0.265 e. The van der Waals surface area contributed by atoms with Gasteiger partial charge >= 0.3 is 0 Å². The van der Waals surface area contributed by atoms with E-state index in [1.54, 1.807) is 6.07 Å². The number of amides is 1. The highest BCUT2D eigenvalue weighted by Crippen LogP contribution is 2.29. The van der Waals surface area contributed by atoms with Gasteiger partial charge < -0.3 is 10.1 Å². The van der Waals surface area contributed by atoms with Crippen LogP contribution in [0.25, 0.3) is 0 Å². The first-order valence-electron chi connectivity index (χ1n) is 6.13. The first kappa shape index (κ1) is 12.6. The number of carbonyl (C=O) groups is 1. The standard InChI is InChI=1S/C15H11F2NO2/c16-10-2-1-3-12(8-10)18-15(19)14-7-9-6-11(17)4-5-13(9)20-14/h1-6,8,14H,7H2,(H,18,19). The van der Waals surface area contributed by atoms with Gasteiger partial charge in [0.25, 0.3) is 5.91 Å². The van der Waals surface area contributed by atoms with Gasteiger partial charge in [0.1, 0.15) is 17.4 Å². The van der Waals surface area contributed by atoms with Crippen molar-refractivity contribution in [2.75, 3.05) is 5.32 Å². The summed E-state index contributed by atoms with van der Waals surface area (Å²) in [6, 6.07) is 9.74. The number of hydrogen-bond donors (Lipinski definition) is 1. The van der Waals surface area contributed by atoms with Gasteiger partial charge in [-0.15, -0.1) is 0 Å². The molecule has 1 N–H and O–H groups in total. The lowest BCUT2D eigenvalue weighted by atomic mass is 10.1. The van der Waals surface area contributed by atoms with Crippen molar-refractivity contribution in [3.63, 3.8) is 0 Å². The Hall–Kier alpha value is -2.43. The Morgan fingerprint density at radius 1 is 1.15 bits per heavy atom. The number of benzene rings is 2. The summed E-state index contributed by atoms with van der Waals surface area (Å²) >= 11 is 0. The molecule has 1 unspecified atom stereocenters. The minimum absolute atomic E-state index is 0.300. The SMILES string of the molecule is O=C(Nc1cccc(F)c1)C1Cc2cc(F)ccc2O1. The molecule has 1 amide bonds. The lowest BCUT2D eigenvalue weighted by Crippen LogP contribution is -2.31. The van der Waals surface area contributed by atoms with Crippen LogP contribution in [-0.2, 0) is 11.2 Å². The number of halogens is 2. The van der Waals surface area contributed by atoms with E-state index in [1.165, 1.54) is 36.4 Å². The summed E-state index contributed by atoms with van der Waals surface area (Å²) in [6.07, 6.45) is -0.427. The quantitative estimate of drug-likeness (QED) is 0.915. The van der Waals surface area contributed by atoms with Crippen LogP contribution in [-0.4, -0.2) is 12.0 Å². The molecule has 3 nitrogen and oxygen atoms in total. The van der Waals surface area contributed by atoms with E-state index in [9.17, 15) is 13.6 Å². The molecule has 2 aromatic rings. The van der Waals surface area contributed by atoms with E-state index in [2.05, 4.69) is 5.32 Å². The first-order valence-corrected chi connectivity index (χ1v) is 6.13. The topological polar surface area (TPSA) is 38.3 Å². The molecule has 0 aliphatic carbocycles. The van der Waals surface area contributed by atoms with Gasteiger partial charge in [0.15, 0.2) is 6.10 Å². The zero-order valence-corrected chi connectivity index (χ0v) is 10.4. The maximum atomic E-state index is 13.1. The predicted molar refractivity (Wildman–Crippen MR) is 69.5 cm³/mol. The highest BCUT2D eigenvalue weighted by atomic mass is 19.1. The highest BCUT2D eigenvalue weighted by molar-refractivity contribution is 5.95. The summed E-state index contributed by atoms with van der Waals surface area (Å²) in [5.41, 5.74) is 1.02. The molecule has 1 aliphatic rings. The molecular formula is C15H11F2NO2. The normalized spacial score (nSPS) is 16.4.